The highest BCUT2D eigenvalue weighted by Gasteiger charge is 2.53. The molecule has 0 radical (unpaired) electrons. The third kappa shape index (κ3) is 2.15. The number of rotatable bonds is 1. The normalized spacial score (nSPS) is 23.5. The molecule has 0 bridgehead atoms. The molecule has 2 heterocycles. The Labute approximate surface area is 123 Å². The highest BCUT2D eigenvalue weighted by atomic mass is 32.2. The number of amides is 3. The Balaban J connectivity index is 2.18. The van der Waals surface area contributed by atoms with Crippen LogP contribution in [0.1, 0.15) is 18.9 Å². The van der Waals surface area contributed by atoms with Gasteiger partial charge < -0.3 is 10.1 Å². The fourth-order valence-corrected chi connectivity index (χ4v) is 3.58. The summed E-state index contributed by atoms with van der Waals surface area (Å²) >= 11 is 0.817. The monoisotopic (exact) mass is 310 g/mol. The molecule has 2 aliphatic heterocycles. The van der Waals surface area contributed by atoms with Gasteiger partial charge in [0.2, 0.25) is 11.8 Å². The van der Waals surface area contributed by atoms with E-state index in [-0.39, 0.29) is 35.9 Å². The Bertz CT molecular complexity index is 678. The largest absolute Gasteiger partial charge is 0.491 e. The number of hydrogen-bond donors (Lipinski definition) is 2. The zero-order valence-electron chi connectivity index (χ0n) is 11.0. The van der Waals surface area contributed by atoms with Crippen LogP contribution in [0.15, 0.2) is 12.1 Å². The van der Waals surface area contributed by atoms with E-state index in [1.807, 2.05) is 0 Å². The maximum Gasteiger partial charge on any atom is 0.287 e. The number of imide groups is 1. The van der Waals surface area contributed by atoms with Gasteiger partial charge in [0.25, 0.3) is 5.24 Å². The topological polar surface area (TPSA) is 84.5 Å². The SMILES string of the molecule is CC(=O)Nc1cc(F)cc2c1OCCC21SC(=O)NC1=O. The molecule has 0 saturated carbocycles. The second kappa shape index (κ2) is 4.73. The minimum atomic E-state index is -1.19. The molecule has 1 unspecified atom stereocenters. The lowest BCUT2D eigenvalue weighted by molar-refractivity contribution is -0.122. The zero-order chi connectivity index (χ0) is 15.2. The van der Waals surface area contributed by atoms with E-state index in [2.05, 4.69) is 10.6 Å². The summed E-state index contributed by atoms with van der Waals surface area (Å²) in [7, 11) is 0. The van der Waals surface area contributed by atoms with Gasteiger partial charge in [0, 0.05) is 25.0 Å². The molecule has 8 heteroatoms. The van der Waals surface area contributed by atoms with Crippen molar-refractivity contribution in [3.05, 3.63) is 23.5 Å². The molecule has 1 spiro atoms. The summed E-state index contributed by atoms with van der Waals surface area (Å²) in [6.07, 6.45) is 0.255. The van der Waals surface area contributed by atoms with E-state index in [0.717, 1.165) is 17.8 Å². The van der Waals surface area contributed by atoms with Crippen molar-refractivity contribution in [1.29, 1.82) is 0 Å². The Kier molecular flexibility index (Phi) is 3.12. The van der Waals surface area contributed by atoms with E-state index in [4.69, 9.17) is 4.74 Å². The van der Waals surface area contributed by atoms with Crippen molar-refractivity contribution < 1.29 is 23.5 Å². The molecule has 21 heavy (non-hydrogen) atoms. The van der Waals surface area contributed by atoms with Gasteiger partial charge in [0.1, 0.15) is 16.3 Å². The molecule has 3 rings (SSSR count). The van der Waals surface area contributed by atoms with Gasteiger partial charge in [-0.15, -0.1) is 0 Å². The Hall–Kier alpha value is -2.09. The smallest absolute Gasteiger partial charge is 0.287 e. The van der Waals surface area contributed by atoms with Gasteiger partial charge >= 0.3 is 0 Å². The summed E-state index contributed by atoms with van der Waals surface area (Å²) in [4.78, 5) is 34.9. The number of fused-ring (bicyclic) bond motifs is 2. The summed E-state index contributed by atoms with van der Waals surface area (Å²) in [6, 6.07) is 2.30. The molecule has 2 N–H and O–H groups in total. The van der Waals surface area contributed by atoms with Crippen LogP contribution in [0.4, 0.5) is 14.9 Å². The van der Waals surface area contributed by atoms with Gasteiger partial charge in [-0.2, -0.15) is 0 Å². The van der Waals surface area contributed by atoms with Gasteiger partial charge in [-0.05, 0) is 17.8 Å². The van der Waals surface area contributed by atoms with Gasteiger partial charge in [-0.3, -0.25) is 19.7 Å². The number of thioether (sulfide) groups is 1. The molecule has 1 aromatic carbocycles. The van der Waals surface area contributed by atoms with E-state index in [0.29, 0.717) is 0 Å². The van der Waals surface area contributed by atoms with Crippen LogP contribution in [-0.2, 0) is 14.3 Å². The van der Waals surface area contributed by atoms with Crippen molar-refractivity contribution in [2.75, 3.05) is 11.9 Å². The van der Waals surface area contributed by atoms with Gasteiger partial charge in [-0.25, -0.2) is 4.39 Å². The number of ether oxygens (including phenoxy) is 1. The van der Waals surface area contributed by atoms with E-state index in [1.165, 1.54) is 13.0 Å². The van der Waals surface area contributed by atoms with E-state index < -0.39 is 21.7 Å². The highest BCUT2D eigenvalue weighted by Crippen LogP contribution is 2.52. The molecule has 0 aromatic heterocycles. The van der Waals surface area contributed by atoms with E-state index in [9.17, 15) is 18.8 Å². The molecule has 1 aromatic rings. The zero-order valence-corrected chi connectivity index (χ0v) is 11.8. The minimum Gasteiger partial charge on any atom is -0.491 e. The van der Waals surface area contributed by atoms with Crippen molar-refractivity contribution in [1.82, 2.24) is 5.32 Å². The van der Waals surface area contributed by atoms with Crippen molar-refractivity contribution in [2.24, 2.45) is 0 Å². The van der Waals surface area contributed by atoms with Crippen LogP contribution in [0, 0.1) is 5.82 Å². The van der Waals surface area contributed by atoms with Crippen molar-refractivity contribution in [3.8, 4) is 5.75 Å². The number of carbonyl (C=O) groups excluding carboxylic acids is 3. The summed E-state index contributed by atoms with van der Waals surface area (Å²) < 4.78 is 18.1. The second-order valence-corrected chi connectivity index (χ2v) is 6.05. The maximum absolute atomic E-state index is 13.8. The maximum atomic E-state index is 13.8. The molecule has 1 fully saturated rings. The van der Waals surface area contributed by atoms with Crippen LogP contribution in [0.2, 0.25) is 0 Å². The number of benzene rings is 1. The first-order chi connectivity index (χ1) is 9.92. The van der Waals surface area contributed by atoms with Crippen molar-refractivity contribution in [3.63, 3.8) is 0 Å². The summed E-state index contributed by atoms with van der Waals surface area (Å²) in [5.74, 6) is -1.25. The Morgan fingerprint density at radius 3 is 2.86 bits per heavy atom. The molecule has 1 atom stereocenters. The van der Waals surface area contributed by atoms with Crippen LogP contribution in [0.3, 0.4) is 0 Å². The molecule has 1 saturated heterocycles. The van der Waals surface area contributed by atoms with Gasteiger partial charge in [0.05, 0.1) is 12.3 Å². The third-order valence-electron chi connectivity index (χ3n) is 3.35. The van der Waals surface area contributed by atoms with Crippen LogP contribution < -0.4 is 15.4 Å². The molecule has 0 aliphatic carbocycles. The van der Waals surface area contributed by atoms with E-state index in [1.54, 1.807) is 0 Å². The fraction of sp³-hybridized carbons (Fsp3) is 0.308. The van der Waals surface area contributed by atoms with Gasteiger partial charge in [0.15, 0.2) is 0 Å². The number of hydrogen-bond acceptors (Lipinski definition) is 5. The summed E-state index contributed by atoms with van der Waals surface area (Å²) in [5, 5.41) is 4.22. The summed E-state index contributed by atoms with van der Waals surface area (Å²) in [6.45, 7) is 1.48. The predicted molar refractivity (Wildman–Crippen MR) is 73.6 cm³/mol. The van der Waals surface area contributed by atoms with E-state index >= 15 is 0 Å². The standard InChI is InChI=1S/C13H11FN2O4S/c1-6(17)15-9-5-7(14)4-8-10(9)20-3-2-13(8)11(18)16-12(19)21-13/h4-5H,2-3H2,1H3,(H,15,17)(H,16,18,19). The average molecular weight is 310 g/mol. The second-order valence-electron chi connectivity index (χ2n) is 4.78. The van der Waals surface area contributed by atoms with Crippen LogP contribution in [0.25, 0.3) is 0 Å². The third-order valence-corrected chi connectivity index (χ3v) is 4.59. The molecule has 6 nitrogen and oxygen atoms in total. The quantitative estimate of drug-likeness (QED) is 0.825. The molecule has 110 valence electrons. The number of carbonyl (C=O) groups is 3. The minimum absolute atomic E-state index is 0.157. The molecular weight excluding hydrogens is 299 g/mol. The lowest BCUT2D eigenvalue weighted by atomic mass is 9.90. The first-order valence-corrected chi connectivity index (χ1v) is 7.03. The number of nitrogens with one attached hydrogen (secondary N) is 2. The fourth-order valence-electron chi connectivity index (χ4n) is 2.53. The summed E-state index contributed by atoms with van der Waals surface area (Å²) in [5.41, 5.74) is 0.426. The molecule has 2 aliphatic rings. The van der Waals surface area contributed by atoms with Crippen molar-refractivity contribution in [2.45, 2.75) is 18.1 Å². The van der Waals surface area contributed by atoms with Crippen molar-refractivity contribution >= 4 is 34.5 Å². The first kappa shape index (κ1) is 13.9. The first-order valence-electron chi connectivity index (χ1n) is 6.21. The predicted octanol–water partition coefficient (Wildman–Crippen LogP) is 1.74. The van der Waals surface area contributed by atoms with Crippen LogP contribution >= 0.6 is 11.8 Å². The Morgan fingerprint density at radius 2 is 2.24 bits per heavy atom. The molecular formula is C13H11FN2O4S. The molecule has 3 amide bonds. The van der Waals surface area contributed by atoms with Crippen LogP contribution in [0.5, 0.6) is 5.75 Å². The highest BCUT2D eigenvalue weighted by molar-refractivity contribution is 8.15. The Morgan fingerprint density at radius 1 is 1.48 bits per heavy atom. The lowest BCUT2D eigenvalue weighted by Crippen LogP contribution is -2.38. The number of anilines is 1. The van der Waals surface area contributed by atoms with Gasteiger partial charge in [-0.1, -0.05) is 0 Å². The lowest BCUT2D eigenvalue weighted by Gasteiger charge is -2.32. The average Bonchev–Trinajstić information content (AvgIpc) is 2.65. The van der Waals surface area contributed by atoms with Crippen LogP contribution in [-0.4, -0.2) is 23.7 Å². The number of halogens is 1.